The van der Waals surface area contributed by atoms with Gasteiger partial charge in [-0.3, -0.25) is 9.59 Å². The van der Waals surface area contributed by atoms with Crippen molar-refractivity contribution in [1.29, 1.82) is 0 Å². The highest BCUT2D eigenvalue weighted by Gasteiger charge is 2.29. The van der Waals surface area contributed by atoms with Gasteiger partial charge in [-0.2, -0.15) is 0 Å². The van der Waals surface area contributed by atoms with E-state index >= 15 is 0 Å². The number of nitrogens with zero attached hydrogens (tertiary/aromatic N) is 1. The van der Waals surface area contributed by atoms with E-state index in [1.54, 1.807) is 18.3 Å². The maximum absolute atomic E-state index is 12.8. The van der Waals surface area contributed by atoms with Gasteiger partial charge < -0.3 is 16.0 Å². The van der Waals surface area contributed by atoms with Crippen molar-refractivity contribution in [1.82, 2.24) is 10.2 Å². The van der Waals surface area contributed by atoms with Crippen molar-refractivity contribution in [3.63, 3.8) is 0 Å². The van der Waals surface area contributed by atoms with E-state index < -0.39 is 6.04 Å². The SMILES string of the molecule is CCCC(NC(=O)C(C)C(C)N)C(=O)N1CCc2sccc2C1.Cl. The molecular weight excluding hydrogens is 346 g/mol. The molecule has 0 spiro atoms. The molecule has 3 atom stereocenters. The van der Waals surface area contributed by atoms with Crippen LogP contribution in [0.3, 0.4) is 0 Å². The summed E-state index contributed by atoms with van der Waals surface area (Å²) in [7, 11) is 0. The molecule has 0 saturated carbocycles. The van der Waals surface area contributed by atoms with E-state index in [0.717, 1.165) is 19.4 Å². The number of carbonyl (C=O) groups is 2. The van der Waals surface area contributed by atoms with Crippen molar-refractivity contribution < 1.29 is 9.59 Å². The first kappa shape index (κ1) is 20.9. The molecule has 136 valence electrons. The van der Waals surface area contributed by atoms with E-state index in [1.165, 1.54) is 10.4 Å². The lowest BCUT2D eigenvalue weighted by molar-refractivity contribution is -0.138. The number of carbonyl (C=O) groups excluding carboxylic acids is 2. The van der Waals surface area contributed by atoms with Gasteiger partial charge in [0.15, 0.2) is 0 Å². The molecule has 0 aromatic carbocycles. The Labute approximate surface area is 154 Å². The molecule has 0 bridgehead atoms. The summed E-state index contributed by atoms with van der Waals surface area (Å²) >= 11 is 1.75. The van der Waals surface area contributed by atoms with Crippen molar-refractivity contribution in [3.8, 4) is 0 Å². The molecule has 5 nitrogen and oxygen atoms in total. The van der Waals surface area contributed by atoms with Crippen LogP contribution in [0.5, 0.6) is 0 Å². The molecule has 2 heterocycles. The minimum Gasteiger partial charge on any atom is -0.344 e. The van der Waals surface area contributed by atoms with E-state index in [2.05, 4.69) is 16.8 Å². The number of nitrogens with one attached hydrogen (secondary N) is 1. The molecule has 1 aromatic heterocycles. The van der Waals surface area contributed by atoms with Crippen molar-refractivity contribution >= 4 is 35.6 Å². The van der Waals surface area contributed by atoms with Gasteiger partial charge in [-0.25, -0.2) is 0 Å². The Morgan fingerprint density at radius 1 is 1.42 bits per heavy atom. The van der Waals surface area contributed by atoms with Gasteiger partial charge in [-0.15, -0.1) is 23.7 Å². The maximum Gasteiger partial charge on any atom is 0.245 e. The first-order valence-electron chi connectivity index (χ1n) is 8.34. The second kappa shape index (κ2) is 9.39. The van der Waals surface area contributed by atoms with Crippen LogP contribution in [0.1, 0.15) is 44.1 Å². The Balaban J connectivity index is 0.00000288. The molecule has 1 aliphatic heterocycles. The Hall–Kier alpha value is -1.11. The molecule has 2 amide bonds. The van der Waals surface area contributed by atoms with Gasteiger partial charge in [0.2, 0.25) is 11.8 Å². The number of thiophene rings is 1. The van der Waals surface area contributed by atoms with Crippen LogP contribution in [-0.4, -0.2) is 35.3 Å². The molecule has 0 fully saturated rings. The molecule has 2 rings (SSSR count). The van der Waals surface area contributed by atoms with Crippen LogP contribution in [-0.2, 0) is 22.6 Å². The highest BCUT2D eigenvalue weighted by molar-refractivity contribution is 7.10. The van der Waals surface area contributed by atoms with Gasteiger partial charge in [0.25, 0.3) is 0 Å². The number of amides is 2. The van der Waals surface area contributed by atoms with Crippen molar-refractivity contribution in [2.75, 3.05) is 6.54 Å². The monoisotopic (exact) mass is 373 g/mol. The number of hydrogen-bond donors (Lipinski definition) is 2. The van der Waals surface area contributed by atoms with Crippen LogP contribution in [0.15, 0.2) is 11.4 Å². The molecule has 24 heavy (non-hydrogen) atoms. The predicted molar refractivity (Wildman–Crippen MR) is 100 cm³/mol. The predicted octanol–water partition coefficient (Wildman–Crippen LogP) is 2.32. The van der Waals surface area contributed by atoms with Crippen LogP contribution in [0.4, 0.5) is 0 Å². The van der Waals surface area contributed by atoms with Crippen molar-refractivity contribution in [2.45, 2.75) is 58.7 Å². The fourth-order valence-electron chi connectivity index (χ4n) is 2.74. The summed E-state index contributed by atoms with van der Waals surface area (Å²) in [6.07, 6.45) is 2.41. The van der Waals surface area contributed by atoms with E-state index in [9.17, 15) is 9.59 Å². The molecule has 0 saturated heterocycles. The lowest BCUT2D eigenvalue weighted by Crippen LogP contribution is -2.52. The van der Waals surface area contributed by atoms with Crippen LogP contribution in [0.2, 0.25) is 0 Å². The first-order chi connectivity index (χ1) is 10.9. The number of hydrogen-bond acceptors (Lipinski definition) is 4. The van der Waals surface area contributed by atoms with E-state index in [1.807, 2.05) is 18.7 Å². The normalized spacial score (nSPS) is 17.2. The van der Waals surface area contributed by atoms with Gasteiger partial charge in [-0.1, -0.05) is 20.3 Å². The summed E-state index contributed by atoms with van der Waals surface area (Å²) < 4.78 is 0. The highest BCUT2D eigenvalue weighted by atomic mass is 35.5. The van der Waals surface area contributed by atoms with Gasteiger partial charge in [0, 0.05) is 29.9 Å². The largest absolute Gasteiger partial charge is 0.344 e. The Morgan fingerprint density at radius 3 is 2.75 bits per heavy atom. The molecule has 1 aliphatic rings. The molecule has 1 aromatic rings. The topological polar surface area (TPSA) is 75.4 Å². The summed E-state index contributed by atoms with van der Waals surface area (Å²) in [6, 6.07) is 1.41. The van der Waals surface area contributed by atoms with Gasteiger partial charge in [0.1, 0.15) is 6.04 Å². The molecule has 0 aliphatic carbocycles. The second-order valence-electron chi connectivity index (χ2n) is 6.38. The number of rotatable bonds is 6. The van der Waals surface area contributed by atoms with Gasteiger partial charge >= 0.3 is 0 Å². The second-order valence-corrected chi connectivity index (χ2v) is 7.38. The average molecular weight is 374 g/mol. The summed E-state index contributed by atoms with van der Waals surface area (Å²) in [5.74, 6) is -0.416. The third-order valence-corrected chi connectivity index (χ3v) is 5.54. The van der Waals surface area contributed by atoms with Crippen molar-refractivity contribution in [2.24, 2.45) is 11.7 Å². The number of halogens is 1. The van der Waals surface area contributed by atoms with E-state index in [4.69, 9.17) is 5.73 Å². The molecule has 3 N–H and O–H groups in total. The highest BCUT2D eigenvalue weighted by Crippen LogP contribution is 2.24. The van der Waals surface area contributed by atoms with E-state index in [0.29, 0.717) is 13.0 Å². The third kappa shape index (κ3) is 4.94. The van der Waals surface area contributed by atoms with Crippen LogP contribution >= 0.6 is 23.7 Å². The smallest absolute Gasteiger partial charge is 0.245 e. The van der Waals surface area contributed by atoms with Crippen LogP contribution in [0.25, 0.3) is 0 Å². The Morgan fingerprint density at radius 2 is 2.12 bits per heavy atom. The fourth-order valence-corrected chi connectivity index (χ4v) is 3.63. The number of fused-ring (bicyclic) bond motifs is 1. The number of nitrogens with two attached hydrogens (primary N) is 1. The van der Waals surface area contributed by atoms with Crippen LogP contribution < -0.4 is 11.1 Å². The third-order valence-electron chi connectivity index (χ3n) is 4.51. The molecular formula is C17H28ClN3O2S. The Bertz CT molecular complexity index is 562. The summed E-state index contributed by atoms with van der Waals surface area (Å²) in [5.41, 5.74) is 7.03. The average Bonchev–Trinajstić information content (AvgIpc) is 3.00. The zero-order valence-corrected chi connectivity index (χ0v) is 16.2. The summed E-state index contributed by atoms with van der Waals surface area (Å²) in [5, 5.41) is 4.98. The summed E-state index contributed by atoms with van der Waals surface area (Å²) in [4.78, 5) is 28.3. The molecule has 0 radical (unpaired) electrons. The maximum atomic E-state index is 12.8. The Kier molecular flexibility index (Phi) is 8.19. The first-order valence-corrected chi connectivity index (χ1v) is 9.22. The lowest BCUT2D eigenvalue weighted by atomic mass is 10.0. The van der Waals surface area contributed by atoms with Gasteiger partial charge in [0.05, 0.1) is 0 Å². The zero-order valence-electron chi connectivity index (χ0n) is 14.6. The standard InChI is InChI=1S/C17H27N3O2S.ClH/c1-4-5-14(19-16(21)11(2)12(3)18)17(22)20-8-6-15-13(10-20)7-9-23-15;/h7,9,11-12,14H,4-6,8,10,18H2,1-3H3,(H,19,21);1H. The quantitative estimate of drug-likeness (QED) is 0.803. The minimum atomic E-state index is -0.450. The zero-order chi connectivity index (χ0) is 17.0. The molecule has 7 heteroatoms. The lowest BCUT2D eigenvalue weighted by Gasteiger charge is -2.31. The minimum absolute atomic E-state index is 0. The van der Waals surface area contributed by atoms with Crippen molar-refractivity contribution in [3.05, 3.63) is 21.9 Å². The fraction of sp³-hybridized carbons (Fsp3) is 0.647. The summed E-state index contributed by atoms with van der Waals surface area (Å²) in [6.45, 7) is 7.01. The molecule has 3 unspecified atom stereocenters. The van der Waals surface area contributed by atoms with Gasteiger partial charge in [-0.05, 0) is 36.8 Å². The van der Waals surface area contributed by atoms with Crippen LogP contribution in [0, 0.1) is 5.92 Å². The van der Waals surface area contributed by atoms with E-state index in [-0.39, 0.29) is 36.2 Å².